The molecule has 2 heterocycles. The monoisotopic (exact) mass is 246 g/mol. The molecule has 0 aromatic carbocycles. The first kappa shape index (κ1) is 12.2. The third kappa shape index (κ3) is 2.53. The van der Waals surface area contributed by atoms with Gasteiger partial charge in [-0.3, -0.25) is 9.59 Å². The highest BCUT2D eigenvalue weighted by Gasteiger charge is 2.29. The highest BCUT2D eigenvalue weighted by Crippen LogP contribution is 2.15. The summed E-state index contributed by atoms with van der Waals surface area (Å²) in [5, 5.41) is 8.61. The van der Waals surface area contributed by atoms with Crippen LogP contribution in [0.4, 0.5) is 5.82 Å². The molecule has 0 radical (unpaired) electrons. The molecule has 1 aromatic heterocycles. The van der Waals surface area contributed by atoms with E-state index in [1.165, 1.54) is 12.3 Å². The minimum Gasteiger partial charge on any atom is -0.384 e. The molecule has 0 aliphatic carbocycles. The first-order valence-corrected chi connectivity index (χ1v) is 5.21. The summed E-state index contributed by atoms with van der Waals surface area (Å²) in [5.41, 5.74) is 0.571. The second kappa shape index (κ2) is 5.40. The summed E-state index contributed by atoms with van der Waals surface area (Å²) in [4.78, 5) is 28.1. The number of aliphatic hydroxyl groups is 1. The van der Waals surface area contributed by atoms with E-state index in [-0.39, 0.29) is 25.6 Å². The average Bonchev–Trinajstić information content (AvgIpc) is 2.37. The maximum atomic E-state index is 11.6. The largest absolute Gasteiger partial charge is 0.384 e. The molecule has 2 amide bonds. The third-order valence-corrected chi connectivity index (χ3v) is 2.24. The van der Waals surface area contributed by atoms with E-state index in [4.69, 9.17) is 9.84 Å². The lowest BCUT2D eigenvalue weighted by atomic mass is 10.2. The molecular formula is C12H10N2O4. The standard InChI is InChI=1S/C12H10N2O4/c15-5-1-2-9-3-4-13-10(6-9)14-11(16)7-18-8-12(14)17/h3-4,6,15H,5,7-8H2. The van der Waals surface area contributed by atoms with E-state index >= 15 is 0 Å². The van der Waals surface area contributed by atoms with E-state index in [0.29, 0.717) is 5.56 Å². The summed E-state index contributed by atoms with van der Waals surface area (Å²) in [5.74, 6) is 4.48. The molecule has 6 heteroatoms. The molecular weight excluding hydrogens is 236 g/mol. The van der Waals surface area contributed by atoms with Crippen molar-refractivity contribution in [2.75, 3.05) is 24.7 Å². The number of carbonyl (C=O) groups is 2. The lowest BCUT2D eigenvalue weighted by Gasteiger charge is -2.23. The van der Waals surface area contributed by atoms with E-state index in [1.54, 1.807) is 6.07 Å². The maximum absolute atomic E-state index is 11.6. The van der Waals surface area contributed by atoms with Crippen LogP contribution in [0.25, 0.3) is 0 Å². The van der Waals surface area contributed by atoms with Gasteiger partial charge in [0, 0.05) is 11.8 Å². The average molecular weight is 246 g/mol. The molecule has 1 aliphatic rings. The van der Waals surface area contributed by atoms with E-state index in [1.807, 2.05) is 0 Å². The predicted molar refractivity (Wildman–Crippen MR) is 61.5 cm³/mol. The molecule has 1 aliphatic heterocycles. The van der Waals surface area contributed by atoms with Crippen molar-refractivity contribution in [3.8, 4) is 11.8 Å². The van der Waals surface area contributed by atoms with Crippen molar-refractivity contribution in [1.82, 2.24) is 4.98 Å². The van der Waals surface area contributed by atoms with Crippen LogP contribution in [-0.4, -0.2) is 41.7 Å². The lowest BCUT2D eigenvalue weighted by molar-refractivity contribution is -0.138. The van der Waals surface area contributed by atoms with E-state index in [2.05, 4.69) is 16.8 Å². The fourth-order valence-corrected chi connectivity index (χ4v) is 1.51. The van der Waals surface area contributed by atoms with Gasteiger partial charge in [0.15, 0.2) is 0 Å². The summed E-state index contributed by atoms with van der Waals surface area (Å²) in [6.07, 6.45) is 1.45. The van der Waals surface area contributed by atoms with E-state index < -0.39 is 11.8 Å². The second-order valence-electron chi connectivity index (χ2n) is 3.48. The smallest absolute Gasteiger partial charge is 0.261 e. The second-order valence-corrected chi connectivity index (χ2v) is 3.48. The van der Waals surface area contributed by atoms with Gasteiger partial charge in [-0.15, -0.1) is 0 Å². The quantitative estimate of drug-likeness (QED) is 0.524. The van der Waals surface area contributed by atoms with Crippen LogP contribution in [0.15, 0.2) is 18.3 Å². The Labute approximate surface area is 103 Å². The Balaban J connectivity index is 2.32. The van der Waals surface area contributed by atoms with Crippen LogP contribution in [-0.2, 0) is 14.3 Å². The fraction of sp³-hybridized carbons (Fsp3) is 0.250. The van der Waals surface area contributed by atoms with Crippen molar-refractivity contribution in [2.45, 2.75) is 0 Å². The van der Waals surface area contributed by atoms with Crippen LogP contribution in [0.2, 0.25) is 0 Å². The Morgan fingerprint density at radius 3 is 2.78 bits per heavy atom. The Hall–Kier alpha value is -2.23. The third-order valence-electron chi connectivity index (χ3n) is 2.24. The van der Waals surface area contributed by atoms with Gasteiger partial charge in [0.1, 0.15) is 25.6 Å². The summed E-state index contributed by atoms with van der Waals surface area (Å²) in [6, 6.07) is 3.14. The van der Waals surface area contributed by atoms with Gasteiger partial charge in [0.05, 0.1) is 0 Å². The number of ether oxygens (including phenoxy) is 1. The number of carbonyl (C=O) groups excluding carboxylic acids is 2. The Bertz CT molecular complexity index is 528. The molecule has 1 fully saturated rings. The molecule has 1 saturated heterocycles. The molecule has 1 aromatic rings. The van der Waals surface area contributed by atoms with Crippen molar-refractivity contribution in [3.05, 3.63) is 23.9 Å². The van der Waals surface area contributed by atoms with Crippen LogP contribution in [0, 0.1) is 11.8 Å². The maximum Gasteiger partial charge on any atom is 0.261 e. The van der Waals surface area contributed by atoms with Gasteiger partial charge in [-0.05, 0) is 12.1 Å². The molecule has 2 rings (SSSR count). The number of imide groups is 1. The molecule has 0 atom stereocenters. The molecule has 0 spiro atoms. The molecule has 0 unspecified atom stereocenters. The normalized spacial score (nSPS) is 15.3. The summed E-state index contributed by atoms with van der Waals surface area (Å²) in [7, 11) is 0. The summed E-state index contributed by atoms with van der Waals surface area (Å²) >= 11 is 0. The molecule has 92 valence electrons. The zero-order valence-electron chi connectivity index (χ0n) is 9.42. The highest BCUT2D eigenvalue weighted by atomic mass is 16.5. The Morgan fingerprint density at radius 1 is 1.39 bits per heavy atom. The fourth-order valence-electron chi connectivity index (χ4n) is 1.51. The number of aromatic nitrogens is 1. The Kier molecular flexibility index (Phi) is 3.67. The van der Waals surface area contributed by atoms with Crippen LogP contribution >= 0.6 is 0 Å². The van der Waals surface area contributed by atoms with E-state index in [9.17, 15) is 9.59 Å². The van der Waals surface area contributed by atoms with Crippen LogP contribution in [0.1, 0.15) is 5.56 Å². The number of anilines is 1. The van der Waals surface area contributed by atoms with E-state index in [0.717, 1.165) is 4.90 Å². The minimum absolute atomic E-state index is 0.139. The first-order chi connectivity index (χ1) is 8.72. The van der Waals surface area contributed by atoms with Crippen molar-refractivity contribution in [2.24, 2.45) is 0 Å². The zero-order chi connectivity index (χ0) is 13.0. The molecule has 18 heavy (non-hydrogen) atoms. The summed E-state index contributed by atoms with van der Waals surface area (Å²) in [6.45, 7) is -0.535. The van der Waals surface area contributed by atoms with Crippen LogP contribution < -0.4 is 4.90 Å². The van der Waals surface area contributed by atoms with Crippen molar-refractivity contribution >= 4 is 17.6 Å². The predicted octanol–water partition coefficient (Wildman–Crippen LogP) is -0.685. The van der Waals surface area contributed by atoms with Crippen molar-refractivity contribution in [3.63, 3.8) is 0 Å². The number of nitrogens with zero attached hydrogens (tertiary/aromatic N) is 2. The topological polar surface area (TPSA) is 79.7 Å². The van der Waals surface area contributed by atoms with Gasteiger partial charge in [-0.25, -0.2) is 9.88 Å². The number of aliphatic hydroxyl groups excluding tert-OH is 1. The van der Waals surface area contributed by atoms with Gasteiger partial charge < -0.3 is 9.84 Å². The summed E-state index contributed by atoms with van der Waals surface area (Å²) < 4.78 is 4.81. The Morgan fingerprint density at radius 2 is 2.11 bits per heavy atom. The lowest BCUT2D eigenvalue weighted by Crippen LogP contribution is -2.46. The highest BCUT2D eigenvalue weighted by molar-refractivity contribution is 6.16. The first-order valence-electron chi connectivity index (χ1n) is 5.21. The number of morpholine rings is 1. The number of pyridine rings is 1. The van der Waals surface area contributed by atoms with Crippen molar-refractivity contribution < 1.29 is 19.4 Å². The molecule has 0 saturated carbocycles. The van der Waals surface area contributed by atoms with Crippen molar-refractivity contribution in [1.29, 1.82) is 0 Å². The van der Waals surface area contributed by atoms with Crippen LogP contribution in [0.3, 0.4) is 0 Å². The molecule has 6 nitrogen and oxygen atoms in total. The minimum atomic E-state index is -0.453. The zero-order valence-corrected chi connectivity index (χ0v) is 9.42. The SMILES string of the molecule is O=C1COCC(=O)N1c1cc(C#CCO)ccn1. The van der Waals surface area contributed by atoms with Gasteiger partial charge in [-0.2, -0.15) is 0 Å². The molecule has 1 N–H and O–H groups in total. The number of rotatable bonds is 1. The number of amides is 2. The van der Waals surface area contributed by atoms with Crippen LogP contribution in [0.5, 0.6) is 0 Å². The van der Waals surface area contributed by atoms with Gasteiger partial charge in [0.25, 0.3) is 11.8 Å². The van der Waals surface area contributed by atoms with Gasteiger partial charge in [0.2, 0.25) is 0 Å². The number of hydrogen-bond donors (Lipinski definition) is 1. The van der Waals surface area contributed by atoms with Gasteiger partial charge >= 0.3 is 0 Å². The number of hydrogen-bond acceptors (Lipinski definition) is 5. The molecule has 0 bridgehead atoms. The van der Waals surface area contributed by atoms with Gasteiger partial charge in [-0.1, -0.05) is 11.8 Å².